The first-order valence-electron chi connectivity index (χ1n) is 2.52. The Bertz CT molecular complexity index is 205. The van der Waals surface area contributed by atoms with Gasteiger partial charge in [-0.05, 0) is 11.6 Å². The van der Waals surface area contributed by atoms with E-state index in [1.807, 2.05) is 0 Å². The third kappa shape index (κ3) is 2.66. The van der Waals surface area contributed by atoms with Crippen molar-refractivity contribution in [3.63, 3.8) is 0 Å². The van der Waals surface area contributed by atoms with Crippen LogP contribution in [0.5, 0.6) is 5.75 Å². The van der Waals surface area contributed by atoms with Gasteiger partial charge in [-0.15, -0.1) is 17.0 Å². The third-order valence-electron chi connectivity index (χ3n) is 0.935. The van der Waals surface area contributed by atoms with Crippen molar-refractivity contribution in [2.45, 2.75) is 5.33 Å². The van der Waals surface area contributed by atoms with E-state index in [1.54, 1.807) is 12.3 Å². The van der Waals surface area contributed by atoms with Gasteiger partial charge in [0.1, 0.15) is 5.75 Å². The lowest BCUT2D eigenvalue weighted by molar-refractivity contribution is 0.472. The summed E-state index contributed by atoms with van der Waals surface area (Å²) >= 11 is 3.24. The van der Waals surface area contributed by atoms with Gasteiger partial charge in [0.25, 0.3) is 0 Å². The molecule has 1 aromatic rings. The van der Waals surface area contributed by atoms with Gasteiger partial charge < -0.3 is 5.11 Å². The number of aromatic nitrogens is 1. The quantitative estimate of drug-likeness (QED) is 0.793. The van der Waals surface area contributed by atoms with Crippen molar-refractivity contribution in [2.75, 3.05) is 0 Å². The second-order valence-electron chi connectivity index (χ2n) is 1.69. The molecule has 0 atom stereocenters. The number of halogens is 2. The molecule has 1 heterocycles. The molecule has 1 N–H and O–H groups in total. The van der Waals surface area contributed by atoms with E-state index in [4.69, 9.17) is 5.11 Å². The van der Waals surface area contributed by atoms with Crippen LogP contribution in [0.25, 0.3) is 0 Å². The average Bonchev–Trinajstić information content (AvgIpc) is 1.88. The second kappa shape index (κ2) is 4.68. The number of alkyl halides is 1. The van der Waals surface area contributed by atoms with E-state index in [0.29, 0.717) is 0 Å². The molecule has 0 unspecified atom stereocenters. The maximum Gasteiger partial charge on any atom is 0.134 e. The summed E-state index contributed by atoms with van der Waals surface area (Å²) in [5.41, 5.74) is 0.981. The monoisotopic (exact) mass is 267 g/mol. The fraction of sp³-hybridized carbons (Fsp3) is 0.167. The molecule has 0 saturated heterocycles. The molecule has 0 fully saturated rings. The summed E-state index contributed by atoms with van der Waals surface area (Å²) < 4.78 is 0. The Morgan fingerprint density at radius 1 is 1.50 bits per heavy atom. The molecule has 0 aliphatic rings. The van der Waals surface area contributed by atoms with Crippen molar-refractivity contribution >= 4 is 32.9 Å². The molecule has 0 aliphatic carbocycles. The highest BCUT2D eigenvalue weighted by atomic mass is 79.9. The predicted molar refractivity (Wildman–Crippen MR) is 48.9 cm³/mol. The summed E-state index contributed by atoms with van der Waals surface area (Å²) in [6, 6.07) is 1.67. The molecule has 4 heteroatoms. The molecule has 0 aliphatic heterocycles. The number of hydrogen-bond acceptors (Lipinski definition) is 2. The van der Waals surface area contributed by atoms with E-state index in [-0.39, 0.29) is 22.7 Å². The molecule has 1 aromatic heterocycles. The van der Waals surface area contributed by atoms with Gasteiger partial charge >= 0.3 is 0 Å². The molecular weight excluding hydrogens is 262 g/mol. The minimum absolute atomic E-state index is 0. The van der Waals surface area contributed by atoms with Crippen LogP contribution in [0.3, 0.4) is 0 Å². The van der Waals surface area contributed by atoms with Gasteiger partial charge in [-0.25, -0.2) is 0 Å². The highest BCUT2D eigenvalue weighted by Crippen LogP contribution is 2.10. The zero-order valence-electron chi connectivity index (χ0n) is 5.12. The van der Waals surface area contributed by atoms with E-state index >= 15 is 0 Å². The molecule has 0 amide bonds. The van der Waals surface area contributed by atoms with E-state index in [1.165, 1.54) is 6.20 Å². The van der Waals surface area contributed by atoms with Crippen LogP contribution >= 0.6 is 32.9 Å². The van der Waals surface area contributed by atoms with Crippen LogP contribution in [-0.4, -0.2) is 10.1 Å². The van der Waals surface area contributed by atoms with E-state index in [9.17, 15) is 0 Å². The number of aromatic hydroxyl groups is 1. The van der Waals surface area contributed by atoms with E-state index in [0.717, 1.165) is 10.9 Å². The molecule has 0 bridgehead atoms. The van der Waals surface area contributed by atoms with Crippen LogP contribution in [0.2, 0.25) is 0 Å². The molecule has 10 heavy (non-hydrogen) atoms. The predicted octanol–water partition coefficient (Wildman–Crippen LogP) is 2.26. The van der Waals surface area contributed by atoms with Crippen molar-refractivity contribution < 1.29 is 5.11 Å². The van der Waals surface area contributed by atoms with E-state index in [2.05, 4.69) is 20.9 Å². The van der Waals surface area contributed by atoms with Crippen LogP contribution in [0, 0.1) is 0 Å². The van der Waals surface area contributed by atoms with Crippen molar-refractivity contribution in [2.24, 2.45) is 0 Å². The van der Waals surface area contributed by atoms with Gasteiger partial charge in [0.05, 0.1) is 6.20 Å². The largest absolute Gasteiger partial charge is 0.506 e. The van der Waals surface area contributed by atoms with Crippen molar-refractivity contribution in [3.8, 4) is 5.75 Å². The normalized spacial score (nSPS) is 8.50. The standard InChI is InChI=1S/C6H6BrNO.BrH/c7-2-5-1-6(9)4-8-3-5;/h1,3-4,9H,2H2;1H. The molecule has 56 valence electrons. The summed E-state index contributed by atoms with van der Waals surface area (Å²) in [7, 11) is 0. The van der Waals surface area contributed by atoms with Gasteiger partial charge in [-0.2, -0.15) is 0 Å². The molecule has 0 aromatic carbocycles. The van der Waals surface area contributed by atoms with Crippen LogP contribution in [0.4, 0.5) is 0 Å². The summed E-state index contributed by atoms with van der Waals surface area (Å²) in [6.45, 7) is 0. The minimum Gasteiger partial charge on any atom is -0.506 e. The Hall–Kier alpha value is -0.0900. The van der Waals surface area contributed by atoms with Crippen molar-refractivity contribution in [1.29, 1.82) is 0 Å². The Kier molecular flexibility index (Phi) is 4.64. The lowest BCUT2D eigenvalue weighted by Gasteiger charge is -1.92. The van der Waals surface area contributed by atoms with Crippen molar-refractivity contribution in [1.82, 2.24) is 4.98 Å². The second-order valence-corrected chi connectivity index (χ2v) is 2.25. The summed E-state index contributed by atoms with van der Waals surface area (Å²) in [4.78, 5) is 3.78. The molecular formula is C6H7Br2NO. The van der Waals surface area contributed by atoms with Crippen LogP contribution < -0.4 is 0 Å². The molecule has 0 spiro atoms. The topological polar surface area (TPSA) is 33.1 Å². The number of nitrogens with zero attached hydrogens (tertiary/aromatic N) is 1. The average molecular weight is 269 g/mol. The molecule has 0 saturated carbocycles. The molecule has 1 rings (SSSR count). The highest BCUT2D eigenvalue weighted by molar-refractivity contribution is 9.08. The van der Waals surface area contributed by atoms with Gasteiger partial charge in [-0.1, -0.05) is 15.9 Å². The summed E-state index contributed by atoms with van der Waals surface area (Å²) in [5, 5.41) is 9.59. The molecule has 2 nitrogen and oxygen atoms in total. The minimum atomic E-state index is 0. The van der Waals surface area contributed by atoms with Gasteiger partial charge in [0, 0.05) is 11.5 Å². The Balaban J connectivity index is 0.000000810. The first-order chi connectivity index (χ1) is 4.33. The fourth-order valence-electron chi connectivity index (χ4n) is 0.547. The number of pyridine rings is 1. The number of hydrogen-bond donors (Lipinski definition) is 1. The highest BCUT2D eigenvalue weighted by Gasteiger charge is 1.90. The maximum atomic E-state index is 8.86. The molecule has 0 radical (unpaired) electrons. The SMILES string of the molecule is Br.Oc1cncc(CBr)c1. The smallest absolute Gasteiger partial charge is 0.134 e. The Morgan fingerprint density at radius 2 is 2.20 bits per heavy atom. The summed E-state index contributed by atoms with van der Waals surface area (Å²) in [6.07, 6.45) is 3.11. The van der Waals surface area contributed by atoms with Crippen molar-refractivity contribution in [3.05, 3.63) is 24.0 Å². The fourth-order valence-corrected chi connectivity index (χ4v) is 0.854. The Labute approximate surface area is 78.2 Å². The zero-order valence-corrected chi connectivity index (χ0v) is 8.42. The zero-order chi connectivity index (χ0) is 6.69. The first kappa shape index (κ1) is 9.91. The van der Waals surface area contributed by atoms with Gasteiger partial charge in [0.2, 0.25) is 0 Å². The Morgan fingerprint density at radius 3 is 2.60 bits per heavy atom. The first-order valence-corrected chi connectivity index (χ1v) is 3.64. The van der Waals surface area contributed by atoms with Crippen LogP contribution in [-0.2, 0) is 5.33 Å². The van der Waals surface area contributed by atoms with Gasteiger partial charge in [-0.3, -0.25) is 4.98 Å². The lowest BCUT2D eigenvalue weighted by atomic mass is 10.3. The lowest BCUT2D eigenvalue weighted by Crippen LogP contribution is -1.77. The van der Waals surface area contributed by atoms with E-state index < -0.39 is 0 Å². The van der Waals surface area contributed by atoms with Crippen LogP contribution in [0.1, 0.15) is 5.56 Å². The van der Waals surface area contributed by atoms with Crippen LogP contribution in [0.15, 0.2) is 18.5 Å². The maximum absolute atomic E-state index is 8.86. The van der Waals surface area contributed by atoms with Gasteiger partial charge in [0.15, 0.2) is 0 Å². The third-order valence-corrected chi connectivity index (χ3v) is 1.58. The summed E-state index contributed by atoms with van der Waals surface area (Å²) in [5.74, 6) is 0.215. The number of rotatable bonds is 1.